The minimum absolute atomic E-state index is 0.0451. The lowest BCUT2D eigenvalue weighted by Gasteiger charge is -2.38. The highest BCUT2D eigenvalue weighted by Crippen LogP contribution is 2.26. The summed E-state index contributed by atoms with van der Waals surface area (Å²) in [6, 6.07) is 0.449. The lowest BCUT2D eigenvalue weighted by atomic mass is 9.85. The second-order valence-corrected chi connectivity index (χ2v) is 6.12. The zero-order valence-corrected chi connectivity index (χ0v) is 12.4. The van der Waals surface area contributed by atoms with E-state index in [1.54, 1.807) is 0 Å². The van der Waals surface area contributed by atoms with Crippen LogP contribution in [0.4, 0.5) is 0 Å². The van der Waals surface area contributed by atoms with Crippen molar-refractivity contribution in [2.24, 2.45) is 11.8 Å². The Morgan fingerprint density at radius 3 is 2.74 bits per heavy atom. The summed E-state index contributed by atoms with van der Waals surface area (Å²) in [6.07, 6.45) is 6.21. The zero-order chi connectivity index (χ0) is 13.7. The van der Waals surface area contributed by atoms with Gasteiger partial charge in [0.2, 0.25) is 0 Å². The Bertz CT molecular complexity index is 292. The van der Waals surface area contributed by atoms with E-state index in [1.165, 1.54) is 26.4 Å². The van der Waals surface area contributed by atoms with Crippen LogP contribution in [0.1, 0.15) is 39.0 Å². The number of rotatable bonds is 6. The summed E-state index contributed by atoms with van der Waals surface area (Å²) in [4.78, 5) is 14.2. The van der Waals surface area contributed by atoms with Crippen LogP contribution in [0.5, 0.6) is 0 Å². The van der Waals surface area contributed by atoms with Gasteiger partial charge in [0, 0.05) is 19.1 Å². The number of piperidine rings is 1. The van der Waals surface area contributed by atoms with E-state index in [4.69, 9.17) is 4.74 Å². The van der Waals surface area contributed by atoms with E-state index in [1.807, 2.05) is 0 Å². The van der Waals surface area contributed by atoms with E-state index < -0.39 is 0 Å². The number of carbonyl (C=O) groups excluding carboxylic acids is 1. The van der Waals surface area contributed by atoms with Crippen molar-refractivity contribution in [1.29, 1.82) is 0 Å². The lowest BCUT2D eigenvalue weighted by molar-refractivity contribution is -0.147. The molecule has 0 spiro atoms. The first kappa shape index (κ1) is 14.8. The molecule has 1 N–H and O–H groups in total. The Morgan fingerprint density at radius 2 is 2.16 bits per heavy atom. The highest BCUT2D eigenvalue weighted by Gasteiger charge is 2.32. The Kier molecular flexibility index (Phi) is 5.64. The molecule has 2 fully saturated rings. The van der Waals surface area contributed by atoms with Gasteiger partial charge >= 0.3 is 5.97 Å². The van der Waals surface area contributed by atoms with Crippen LogP contribution in [0.25, 0.3) is 0 Å². The molecule has 1 saturated heterocycles. The topological polar surface area (TPSA) is 41.6 Å². The SMILES string of the molecule is CCCN1CC(NCC2CCC2)CC(C(=O)OC)C1. The Labute approximate surface area is 116 Å². The molecule has 1 heterocycles. The van der Waals surface area contributed by atoms with Crippen LogP contribution < -0.4 is 5.32 Å². The third kappa shape index (κ3) is 4.18. The van der Waals surface area contributed by atoms with Gasteiger partial charge in [-0.3, -0.25) is 4.79 Å². The predicted molar refractivity (Wildman–Crippen MR) is 76.0 cm³/mol. The number of hydrogen-bond donors (Lipinski definition) is 1. The van der Waals surface area contributed by atoms with Crippen LogP contribution in [0, 0.1) is 11.8 Å². The molecule has 2 atom stereocenters. The molecule has 19 heavy (non-hydrogen) atoms. The molecule has 1 aliphatic heterocycles. The third-order valence-corrected chi connectivity index (χ3v) is 4.52. The van der Waals surface area contributed by atoms with Crippen LogP contribution >= 0.6 is 0 Å². The first-order valence-corrected chi connectivity index (χ1v) is 7.76. The predicted octanol–water partition coefficient (Wildman–Crippen LogP) is 1.65. The highest BCUT2D eigenvalue weighted by molar-refractivity contribution is 5.72. The molecular formula is C15H28N2O2. The molecule has 0 aromatic heterocycles. The standard InChI is InChI=1S/C15H28N2O2/c1-3-7-17-10-13(15(18)19-2)8-14(11-17)16-9-12-5-4-6-12/h12-14,16H,3-11H2,1-2H3. The minimum Gasteiger partial charge on any atom is -0.469 e. The molecule has 110 valence electrons. The van der Waals surface area contributed by atoms with Gasteiger partial charge in [-0.2, -0.15) is 0 Å². The van der Waals surface area contributed by atoms with Crippen molar-refractivity contribution in [2.75, 3.05) is 33.3 Å². The van der Waals surface area contributed by atoms with E-state index >= 15 is 0 Å². The van der Waals surface area contributed by atoms with Crippen molar-refractivity contribution in [3.05, 3.63) is 0 Å². The number of likely N-dealkylation sites (tertiary alicyclic amines) is 1. The minimum atomic E-state index is -0.0451. The fraction of sp³-hybridized carbons (Fsp3) is 0.933. The molecule has 0 bridgehead atoms. The van der Waals surface area contributed by atoms with Crippen molar-refractivity contribution >= 4 is 5.97 Å². The fourth-order valence-corrected chi connectivity index (χ4v) is 3.20. The molecule has 4 heteroatoms. The van der Waals surface area contributed by atoms with E-state index in [-0.39, 0.29) is 11.9 Å². The van der Waals surface area contributed by atoms with Gasteiger partial charge in [-0.15, -0.1) is 0 Å². The molecule has 1 saturated carbocycles. The third-order valence-electron chi connectivity index (χ3n) is 4.52. The summed E-state index contributed by atoms with van der Waals surface area (Å²) >= 11 is 0. The van der Waals surface area contributed by atoms with Crippen LogP contribution in [-0.4, -0.2) is 50.2 Å². The molecule has 0 radical (unpaired) electrons. The Morgan fingerprint density at radius 1 is 1.37 bits per heavy atom. The first-order chi connectivity index (χ1) is 9.22. The largest absolute Gasteiger partial charge is 0.469 e. The number of nitrogens with one attached hydrogen (secondary N) is 1. The van der Waals surface area contributed by atoms with Gasteiger partial charge in [0.05, 0.1) is 13.0 Å². The van der Waals surface area contributed by atoms with Gasteiger partial charge in [0.15, 0.2) is 0 Å². The van der Waals surface area contributed by atoms with Gasteiger partial charge in [0.25, 0.3) is 0 Å². The monoisotopic (exact) mass is 268 g/mol. The van der Waals surface area contributed by atoms with Crippen LogP contribution in [0.2, 0.25) is 0 Å². The van der Waals surface area contributed by atoms with Crippen molar-refractivity contribution in [3.8, 4) is 0 Å². The van der Waals surface area contributed by atoms with Crippen molar-refractivity contribution in [1.82, 2.24) is 10.2 Å². The van der Waals surface area contributed by atoms with Gasteiger partial charge in [-0.1, -0.05) is 13.3 Å². The van der Waals surface area contributed by atoms with E-state index in [0.717, 1.165) is 44.9 Å². The molecule has 0 aromatic carbocycles. The maximum Gasteiger partial charge on any atom is 0.310 e. The summed E-state index contributed by atoms with van der Waals surface area (Å²) in [5, 5.41) is 3.67. The van der Waals surface area contributed by atoms with E-state index in [2.05, 4.69) is 17.1 Å². The van der Waals surface area contributed by atoms with E-state index in [9.17, 15) is 4.79 Å². The van der Waals surface area contributed by atoms with Crippen molar-refractivity contribution in [2.45, 2.75) is 45.1 Å². The maximum absolute atomic E-state index is 11.8. The normalized spacial score (nSPS) is 28.9. The lowest BCUT2D eigenvalue weighted by Crippen LogP contribution is -2.52. The first-order valence-electron chi connectivity index (χ1n) is 7.76. The summed E-state index contributed by atoms with van der Waals surface area (Å²) in [7, 11) is 1.50. The molecular weight excluding hydrogens is 240 g/mol. The average Bonchev–Trinajstić information content (AvgIpc) is 2.36. The van der Waals surface area contributed by atoms with Gasteiger partial charge in [-0.05, 0) is 44.7 Å². The Balaban J connectivity index is 1.83. The molecule has 0 amide bonds. The fourth-order valence-electron chi connectivity index (χ4n) is 3.20. The number of hydrogen-bond acceptors (Lipinski definition) is 4. The number of ether oxygens (including phenoxy) is 1. The van der Waals surface area contributed by atoms with Crippen LogP contribution in [-0.2, 0) is 9.53 Å². The zero-order valence-electron chi connectivity index (χ0n) is 12.4. The molecule has 0 aromatic rings. The van der Waals surface area contributed by atoms with Crippen LogP contribution in [0.15, 0.2) is 0 Å². The molecule has 2 aliphatic rings. The second kappa shape index (κ2) is 7.25. The number of nitrogens with zero attached hydrogens (tertiary/aromatic N) is 1. The summed E-state index contributed by atoms with van der Waals surface area (Å²) in [5.41, 5.74) is 0. The van der Waals surface area contributed by atoms with Gasteiger partial charge < -0.3 is 15.0 Å². The molecule has 4 nitrogen and oxygen atoms in total. The molecule has 2 rings (SSSR count). The summed E-state index contributed by atoms with van der Waals surface area (Å²) in [6.45, 7) is 6.34. The molecule has 2 unspecified atom stereocenters. The second-order valence-electron chi connectivity index (χ2n) is 6.12. The van der Waals surface area contributed by atoms with E-state index in [0.29, 0.717) is 6.04 Å². The number of methoxy groups -OCH3 is 1. The quantitative estimate of drug-likeness (QED) is 0.744. The maximum atomic E-state index is 11.8. The molecule has 1 aliphatic carbocycles. The van der Waals surface area contributed by atoms with Gasteiger partial charge in [0.1, 0.15) is 0 Å². The van der Waals surface area contributed by atoms with Crippen LogP contribution in [0.3, 0.4) is 0 Å². The number of carbonyl (C=O) groups is 1. The van der Waals surface area contributed by atoms with Crippen molar-refractivity contribution < 1.29 is 9.53 Å². The van der Waals surface area contributed by atoms with Crippen molar-refractivity contribution in [3.63, 3.8) is 0 Å². The average molecular weight is 268 g/mol. The Hall–Kier alpha value is -0.610. The summed E-state index contributed by atoms with van der Waals surface area (Å²) in [5.74, 6) is 0.874. The summed E-state index contributed by atoms with van der Waals surface area (Å²) < 4.78 is 4.93. The number of esters is 1. The van der Waals surface area contributed by atoms with Gasteiger partial charge in [-0.25, -0.2) is 0 Å². The smallest absolute Gasteiger partial charge is 0.310 e. The highest BCUT2D eigenvalue weighted by atomic mass is 16.5.